The Labute approximate surface area is 211 Å². The Bertz CT molecular complexity index is 969. The molecule has 10 heteroatoms. The largest absolute Gasteiger partial charge is 0.411 e. The highest BCUT2D eigenvalue weighted by molar-refractivity contribution is 5.46. The van der Waals surface area contributed by atoms with Gasteiger partial charge < -0.3 is 21.7 Å². The Balaban J connectivity index is 1.71. The molecule has 37 heavy (non-hydrogen) atoms. The molecule has 0 aromatic heterocycles. The summed E-state index contributed by atoms with van der Waals surface area (Å²) in [5.74, 6) is -0.309. The molecule has 6 atom stereocenters. The Morgan fingerprint density at radius 2 is 0.892 bits per heavy atom. The third kappa shape index (κ3) is 5.13. The van der Waals surface area contributed by atoms with Crippen LogP contribution >= 0.6 is 0 Å². The highest BCUT2D eigenvalue weighted by atomic mass is 19.4. The van der Waals surface area contributed by atoms with Gasteiger partial charge in [0.25, 0.3) is 0 Å². The number of benzene rings is 2. The van der Waals surface area contributed by atoms with Gasteiger partial charge in [-0.2, -0.15) is 26.3 Å². The van der Waals surface area contributed by atoms with Crippen LogP contribution in [0.25, 0.3) is 0 Å². The smallest absolute Gasteiger partial charge is 0.392 e. The van der Waals surface area contributed by atoms with Crippen molar-refractivity contribution in [2.75, 3.05) is 0 Å². The third-order valence-corrected chi connectivity index (χ3v) is 8.20. The van der Waals surface area contributed by atoms with E-state index in [0.717, 1.165) is 24.3 Å². The fraction of sp³-hybridized carbons (Fsp3) is 0.556. The molecule has 2 saturated carbocycles. The van der Waals surface area contributed by atoms with Crippen molar-refractivity contribution >= 4 is 0 Å². The molecule has 0 bridgehead atoms. The highest BCUT2D eigenvalue weighted by Gasteiger charge is 2.72. The van der Waals surface area contributed by atoms with Crippen molar-refractivity contribution in [1.29, 1.82) is 0 Å². The molecular weight excluding hydrogens is 498 g/mol. The van der Waals surface area contributed by atoms with Crippen LogP contribution in [0, 0.1) is 0 Å². The lowest BCUT2D eigenvalue weighted by molar-refractivity contribution is -0.288. The summed E-state index contributed by atoms with van der Waals surface area (Å²) >= 11 is 0. The molecule has 4 nitrogen and oxygen atoms in total. The lowest BCUT2D eigenvalue weighted by atomic mass is 9.71. The minimum Gasteiger partial charge on any atom is -0.392 e. The maximum atomic E-state index is 14.5. The van der Waals surface area contributed by atoms with Gasteiger partial charge in [-0.25, -0.2) is 0 Å². The molecule has 6 N–H and O–H groups in total. The number of aliphatic hydroxyl groups is 2. The maximum Gasteiger partial charge on any atom is 0.411 e. The van der Waals surface area contributed by atoms with Crippen LogP contribution in [0.5, 0.6) is 0 Å². The first-order valence-electron chi connectivity index (χ1n) is 12.5. The number of hydrogen-bond acceptors (Lipinski definition) is 4. The van der Waals surface area contributed by atoms with Crippen LogP contribution in [0.15, 0.2) is 48.5 Å². The molecule has 4 rings (SSSR count). The zero-order valence-electron chi connectivity index (χ0n) is 20.1. The number of alkyl halides is 6. The Kier molecular flexibility index (Phi) is 7.69. The second-order valence-electron chi connectivity index (χ2n) is 10.5. The third-order valence-electron chi connectivity index (χ3n) is 8.20. The summed E-state index contributed by atoms with van der Waals surface area (Å²) in [5.41, 5.74) is 6.97. The quantitative estimate of drug-likeness (QED) is 0.419. The van der Waals surface area contributed by atoms with Crippen LogP contribution in [-0.2, 0) is 5.41 Å². The maximum absolute atomic E-state index is 14.5. The van der Waals surface area contributed by atoms with Crippen molar-refractivity contribution in [1.82, 2.24) is 0 Å². The molecule has 2 aromatic carbocycles. The molecular formula is C27H32F6N2O2. The van der Waals surface area contributed by atoms with E-state index in [1.807, 2.05) is 0 Å². The molecule has 6 unspecified atom stereocenters. The van der Waals surface area contributed by atoms with Crippen molar-refractivity contribution in [2.24, 2.45) is 11.5 Å². The predicted molar refractivity (Wildman–Crippen MR) is 127 cm³/mol. The van der Waals surface area contributed by atoms with Crippen molar-refractivity contribution in [3.05, 3.63) is 70.8 Å². The van der Waals surface area contributed by atoms with Crippen LogP contribution < -0.4 is 11.5 Å². The Morgan fingerprint density at radius 3 is 1.16 bits per heavy atom. The first-order chi connectivity index (χ1) is 17.3. The summed E-state index contributed by atoms with van der Waals surface area (Å²) in [7, 11) is 0. The molecule has 0 spiro atoms. The van der Waals surface area contributed by atoms with Gasteiger partial charge in [0.2, 0.25) is 5.41 Å². The van der Waals surface area contributed by atoms with Crippen LogP contribution in [0.1, 0.15) is 72.6 Å². The van der Waals surface area contributed by atoms with E-state index in [1.54, 1.807) is 0 Å². The number of halogens is 6. The minimum atomic E-state index is -5.66. The van der Waals surface area contributed by atoms with E-state index in [-0.39, 0.29) is 11.8 Å². The average Bonchev–Trinajstić information content (AvgIpc) is 2.82. The summed E-state index contributed by atoms with van der Waals surface area (Å²) in [6.45, 7) is 0. The molecule has 2 aliphatic rings. The van der Waals surface area contributed by atoms with Gasteiger partial charge in [-0.05, 0) is 72.6 Å². The van der Waals surface area contributed by atoms with E-state index in [2.05, 4.69) is 0 Å². The summed E-state index contributed by atoms with van der Waals surface area (Å²) in [4.78, 5) is 0. The molecule has 2 aromatic rings. The number of aliphatic hydroxyl groups excluding tert-OH is 2. The summed E-state index contributed by atoms with van der Waals surface area (Å²) < 4.78 is 87.2. The van der Waals surface area contributed by atoms with Gasteiger partial charge in [0.05, 0.1) is 12.2 Å². The molecule has 2 fully saturated rings. The molecule has 0 amide bonds. The zero-order chi connectivity index (χ0) is 27.2. The topological polar surface area (TPSA) is 92.5 Å². The van der Waals surface area contributed by atoms with E-state index in [4.69, 9.17) is 11.5 Å². The zero-order valence-corrected chi connectivity index (χ0v) is 20.1. The van der Waals surface area contributed by atoms with Gasteiger partial charge in [-0.1, -0.05) is 48.5 Å². The second-order valence-corrected chi connectivity index (χ2v) is 10.5. The standard InChI is InChI=1S/C27H32F6N2O2/c28-26(29,30)25(27(31,32)33,19-7-1-15(2-8-19)17-5-11-23(36)21(34)13-17)20-9-3-16(4-10-20)18-6-12-24(37)22(35)14-18/h1-4,7-10,17-18,21-24,36-37H,5-6,11-14,34-35H2. The Hall–Kier alpha value is -2.14. The van der Waals surface area contributed by atoms with Crippen molar-refractivity contribution in [2.45, 2.75) is 92.4 Å². The number of rotatable bonds is 4. The van der Waals surface area contributed by atoms with E-state index < -0.39 is 53.2 Å². The van der Waals surface area contributed by atoms with E-state index in [9.17, 15) is 36.6 Å². The van der Waals surface area contributed by atoms with Gasteiger partial charge in [0.1, 0.15) is 0 Å². The summed E-state index contributed by atoms with van der Waals surface area (Å²) in [5, 5.41) is 19.7. The fourth-order valence-electron chi connectivity index (χ4n) is 5.98. The van der Waals surface area contributed by atoms with Crippen LogP contribution in [-0.4, -0.2) is 46.9 Å². The van der Waals surface area contributed by atoms with E-state index in [1.165, 1.54) is 24.3 Å². The van der Waals surface area contributed by atoms with Crippen LogP contribution in [0.4, 0.5) is 26.3 Å². The predicted octanol–water partition coefficient (Wildman–Crippen LogP) is 5.01. The SMILES string of the molecule is NC1CC(c2ccc(C(c3ccc(C4CCC(O)C(N)C4)cc3)(C(F)(F)F)C(F)(F)F)cc2)CCC1O. The molecule has 0 saturated heterocycles. The molecule has 0 radical (unpaired) electrons. The summed E-state index contributed by atoms with van der Waals surface area (Å²) in [6.07, 6.45) is -9.96. The average molecular weight is 531 g/mol. The number of nitrogens with two attached hydrogens (primary N) is 2. The second kappa shape index (κ2) is 10.2. The van der Waals surface area contributed by atoms with Gasteiger partial charge in [0, 0.05) is 12.1 Å². The monoisotopic (exact) mass is 530 g/mol. The van der Waals surface area contributed by atoms with Crippen molar-refractivity contribution < 1.29 is 36.6 Å². The molecule has 204 valence electrons. The van der Waals surface area contributed by atoms with Gasteiger partial charge >= 0.3 is 12.4 Å². The van der Waals surface area contributed by atoms with Gasteiger partial charge in [0.15, 0.2) is 0 Å². The van der Waals surface area contributed by atoms with Crippen molar-refractivity contribution in [3.8, 4) is 0 Å². The van der Waals surface area contributed by atoms with Crippen LogP contribution in [0.2, 0.25) is 0 Å². The Morgan fingerprint density at radius 1 is 0.568 bits per heavy atom. The normalized spacial score (nSPS) is 29.8. The van der Waals surface area contributed by atoms with Crippen molar-refractivity contribution in [3.63, 3.8) is 0 Å². The van der Waals surface area contributed by atoms with Gasteiger partial charge in [-0.3, -0.25) is 0 Å². The molecule has 0 heterocycles. The lowest BCUT2D eigenvalue weighted by Crippen LogP contribution is -2.54. The minimum absolute atomic E-state index is 0.154. The molecule has 2 aliphatic carbocycles. The van der Waals surface area contributed by atoms with Gasteiger partial charge in [-0.15, -0.1) is 0 Å². The lowest BCUT2D eigenvalue weighted by Gasteiger charge is -2.39. The van der Waals surface area contributed by atoms with E-state index in [0.29, 0.717) is 49.7 Å². The number of hydrogen-bond donors (Lipinski definition) is 4. The van der Waals surface area contributed by atoms with Crippen LogP contribution in [0.3, 0.4) is 0 Å². The highest BCUT2D eigenvalue weighted by Crippen LogP contribution is 2.56. The van der Waals surface area contributed by atoms with E-state index >= 15 is 0 Å². The molecule has 0 aliphatic heterocycles. The summed E-state index contributed by atoms with van der Waals surface area (Å²) in [6, 6.07) is 7.85. The fourth-order valence-corrected chi connectivity index (χ4v) is 5.98. The first-order valence-corrected chi connectivity index (χ1v) is 12.5. The first kappa shape index (κ1) is 27.9.